The molecule has 2 amide bonds. The molecule has 1 spiro atoms. The first-order chi connectivity index (χ1) is 18.4. The number of aryl methyl sites for hydroxylation is 1. The molecular weight excluding hydrogens is 472 g/mol. The topological polar surface area (TPSA) is 47.1 Å². The van der Waals surface area contributed by atoms with Crippen molar-refractivity contribution in [2.75, 3.05) is 49.1 Å². The van der Waals surface area contributed by atoms with Gasteiger partial charge in [-0.25, -0.2) is 0 Å². The summed E-state index contributed by atoms with van der Waals surface area (Å²) in [4.78, 5) is 36.2. The van der Waals surface area contributed by atoms with Crippen LogP contribution in [0.25, 0.3) is 0 Å². The van der Waals surface area contributed by atoms with Gasteiger partial charge in [0.25, 0.3) is 5.91 Å². The number of rotatable bonds is 4. The van der Waals surface area contributed by atoms with E-state index in [1.54, 1.807) is 0 Å². The molecule has 0 aliphatic carbocycles. The largest absolute Gasteiger partial charge is 0.370 e. The zero-order valence-electron chi connectivity index (χ0n) is 23.1. The van der Waals surface area contributed by atoms with Crippen molar-refractivity contribution in [3.63, 3.8) is 0 Å². The van der Waals surface area contributed by atoms with E-state index in [2.05, 4.69) is 46.7 Å². The van der Waals surface area contributed by atoms with E-state index >= 15 is 0 Å². The van der Waals surface area contributed by atoms with Crippen LogP contribution < -0.4 is 9.80 Å². The van der Waals surface area contributed by atoms with Crippen LogP contribution in [0.2, 0.25) is 0 Å². The first-order valence-electron chi connectivity index (χ1n) is 14.7. The zero-order valence-corrected chi connectivity index (χ0v) is 23.1. The first-order valence-corrected chi connectivity index (χ1v) is 14.7. The maximum absolute atomic E-state index is 14.0. The quantitative estimate of drug-likeness (QED) is 0.569. The number of anilines is 2. The van der Waals surface area contributed by atoms with Crippen LogP contribution in [-0.4, -0.2) is 73.0 Å². The predicted molar refractivity (Wildman–Crippen MR) is 153 cm³/mol. The minimum Gasteiger partial charge on any atom is -0.370 e. The lowest BCUT2D eigenvalue weighted by Crippen LogP contribution is -2.54. The number of carbonyl (C=O) groups excluding carboxylic acids is 2. The molecule has 0 aromatic heterocycles. The van der Waals surface area contributed by atoms with E-state index < -0.39 is 0 Å². The van der Waals surface area contributed by atoms with Gasteiger partial charge >= 0.3 is 0 Å². The second kappa shape index (κ2) is 10.4. The molecule has 202 valence electrons. The third-order valence-corrected chi connectivity index (χ3v) is 9.84. The van der Waals surface area contributed by atoms with Crippen LogP contribution in [0, 0.1) is 12.3 Å². The number of hydrogen-bond donors (Lipinski definition) is 0. The van der Waals surface area contributed by atoms with Crippen molar-refractivity contribution >= 4 is 23.2 Å². The molecule has 4 heterocycles. The van der Waals surface area contributed by atoms with Gasteiger partial charge in [0.05, 0.1) is 5.41 Å². The number of piperidine rings is 2. The van der Waals surface area contributed by atoms with Crippen molar-refractivity contribution in [2.45, 2.75) is 70.9 Å². The van der Waals surface area contributed by atoms with Crippen LogP contribution in [0.3, 0.4) is 0 Å². The molecule has 38 heavy (non-hydrogen) atoms. The molecule has 4 saturated heterocycles. The van der Waals surface area contributed by atoms with Gasteiger partial charge in [0.2, 0.25) is 5.91 Å². The zero-order chi connectivity index (χ0) is 26.3. The van der Waals surface area contributed by atoms with Gasteiger partial charge in [-0.05, 0) is 101 Å². The van der Waals surface area contributed by atoms with Crippen LogP contribution in [0.1, 0.15) is 67.8 Å². The molecule has 0 bridgehead atoms. The van der Waals surface area contributed by atoms with Crippen molar-refractivity contribution < 1.29 is 9.59 Å². The van der Waals surface area contributed by atoms with E-state index in [0.29, 0.717) is 25.2 Å². The molecule has 4 aliphatic rings. The van der Waals surface area contributed by atoms with Crippen LogP contribution in [-0.2, 0) is 4.79 Å². The second-order valence-electron chi connectivity index (χ2n) is 12.1. The molecule has 2 aromatic carbocycles. The number of nitrogens with zero attached hydrogens (tertiary/aromatic N) is 4. The van der Waals surface area contributed by atoms with Gasteiger partial charge in [0, 0.05) is 61.7 Å². The Morgan fingerprint density at radius 2 is 1.68 bits per heavy atom. The van der Waals surface area contributed by atoms with Crippen molar-refractivity contribution in [1.29, 1.82) is 0 Å². The van der Waals surface area contributed by atoms with E-state index in [0.717, 1.165) is 56.6 Å². The van der Waals surface area contributed by atoms with E-state index in [9.17, 15) is 9.59 Å². The molecule has 6 nitrogen and oxygen atoms in total. The Bertz CT molecular complexity index is 1170. The fourth-order valence-corrected chi connectivity index (χ4v) is 7.55. The first kappa shape index (κ1) is 25.4. The molecule has 4 aliphatic heterocycles. The van der Waals surface area contributed by atoms with E-state index in [1.165, 1.54) is 37.1 Å². The normalized spacial score (nSPS) is 25.9. The fraction of sp³-hybridized carbons (Fsp3) is 0.562. The Morgan fingerprint density at radius 3 is 2.39 bits per heavy atom. The summed E-state index contributed by atoms with van der Waals surface area (Å²) in [5.41, 5.74) is 3.92. The SMILES string of the molecule is Cc1cc(N2CC[C@H](N3CCC[C@@H]3C)C2)ccc1N1CCCC2(CCN(C(=O)c3ccccc3)CC2)C1=O. The van der Waals surface area contributed by atoms with E-state index in [4.69, 9.17) is 0 Å². The number of carbonyl (C=O) groups is 2. The monoisotopic (exact) mass is 514 g/mol. The highest BCUT2D eigenvalue weighted by Crippen LogP contribution is 2.43. The lowest BCUT2D eigenvalue weighted by Gasteiger charge is -2.46. The molecule has 2 atom stereocenters. The molecule has 6 rings (SSSR count). The summed E-state index contributed by atoms with van der Waals surface area (Å²) in [6.07, 6.45) is 7.35. The van der Waals surface area contributed by atoms with Gasteiger partial charge in [0.15, 0.2) is 0 Å². The molecule has 0 N–H and O–H groups in total. The Morgan fingerprint density at radius 1 is 0.895 bits per heavy atom. The van der Waals surface area contributed by atoms with Gasteiger partial charge in [-0.1, -0.05) is 18.2 Å². The van der Waals surface area contributed by atoms with E-state index in [-0.39, 0.29) is 17.2 Å². The van der Waals surface area contributed by atoms with Crippen molar-refractivity contribution in [3.05, 3.63) is 59.7 Å². The summed E-state index contributed by atoms with van der Waals surface area (Å²) in [5.74, 6) is 0.339. The van der Waals surface area contributed by atoms with Crippen molar-refractivity contribution in [2.24, 2.45) is 5.41 Å². The number of benzene rings is 2. The summed E-state index contributed by atoms with van der Waals surface area (Å²) >= 11 is 0. The van der Waals surface area contributed by atoms with Crippen LogP contribution in [0.15, 0.2) is 48.5 Å². The van der Waals surface area contributed by atoms with Gasteiger partial charge in [-0.2, -0.15) is 0 Å². The lowest BCUT2D eigenvalue weighted by molar-refractivity contribution is -0.133. The molecule has 4 fully saturated rings. The molecular formula is C32H42N4O2. The minimum atomic E-state index is -0.342. The molecule has 2 aromatic rings. The highest BCUT2D eigenvalue weighted by Gasteiger charge is 2.47. The van der Waals surface area contributed by atoms with Gasteiger partial charge in [-0.3, -0.25) is 14.5 Å². The molecule has 0 radical (unpaired) electrons. The Labute approximate surface area is 227 Å². The smallest absolute Gasteiger partial charge is 0.253 e. The van der Waals surface area contributed by atoms with Crippen molar-refractivity contribution in [3.8, 4) is 0 Å². The highest BCUT2D eigenvalue weighted by atomic mass is 16.2. The van der Waals surface area contributed by atoms with E-state index in [1.807, 2.05) is 35.2 Å². The van der Waals surface area contributed by atoms with Crippen LogP contribution in [0.5, 0.6) is 0 Å². The summed E-state index contributed by atoms with van der Waals surface area (Å²) in [6, 6.07) is 17.6. The van der Waals surface area contributed by atoms with Gasteiger partial charge in [-0.15, -0.1) is 0 Å². The van der Waals surface area contributed by atoms with Crippen molar-refractivity contribution in [1.82, 2.24) is 9.80 Å². The Hall–Kier alpha value is -2.86. The second-order valence-corrected chi connectivity index (χ2v) is 12.1. The average molecular weight is 515 g/mol. The number of amides is 2. The Kier molecular flexibility index (Phi) is 6.93. The van der Waals surface area contributed by atoms with Crippen LogP contribution in [0.4, 0.5) is 11.4 Å². The van der Waals surface area contributed by atoms with Gasteiger partial charge in [0.1, 0.15) is 0 Å². The number of likely N-dealkylation sites (tertiary alicyclic amines) is 2. The predicted octanol–water partition coefficient (Wildman–Crippen LogP) is 5.11. The molecule has 6 heteroatoms. The molecule has 0 saturated carbocycles. The maximum atomic E-state index is 14.0. The standard InChI is InChI=1S/C32H42N4O2/c1-24-22-27(34-19-13-28(23-34)35-17-6-8-25(35)2)11-12-29(24)36-18-7-14-32(31(36)38)15-20-33(21-16-32)30(37)26-9-4-3-5-10-26/h3-5,9-12,22,25,28H,6-8,13-21,23H2,1-2H3/t25-,28-/m0/s1. The summed E-state index contributed by atoms with van der Waals surface area (Å²) in [6.45, 7) is 10.1. The summed E-state index contributed by atoms with van der Waals surface area (Å²) < 4.78 is 0. The third kappa shape index (κ3) is 4.61. The minimum absolute atomic E-state index is 0.0790. The fourth-order valence-electron chi connectivity index (χ4n) is 7.55. The Balaban J connectivity index is 1.12. The van der Waals surface area contributed by atoms with Gasteiger partial charge < -0.3 is 14.7 Å². The maximum Gasteiger partial charge on any atom is 0.253 e. The van der Waals surface area contributed by atoms with Crippen LogP contribution >= 0.6 is 0 Å². The summed E-state index contributed by atoms with van der Waals surface area (Å²) in [7, 11) is 0. The lowest BCUT2D eigenvalue weighted by atomic mass is 9.71. The highest BCUT2D eigenvalue weighted by molar-refractivity contribution is 6.00. The third-order valence-electron chi connectivity index (χ3n) is 9.84. The average Bonchev–Trinajstić information content (AvgIpc) is 3.60. The summed E-state index contributed by atoms with van der Waals surface area (Å²) in [5, 5.41) is 0. The number of hydrogen-bond acceptors (Lipinski definition) is 4. The molecule has 0 unspecified atom stereocenters.